The molecule has 0 atom stereocenters. The van der Waals surface area contributed by atoms with Gasteiger partial charge in [0, 0.05) is 0 Å². The van der Waals surface area contributed by atoms with E-state index in [-0.39, 0.29) is 0 Å². The lowest BCUT2D eigenvalue weighted by Crippen LogP contribution is -2.21. The minimum Gasteiger partial charge on any atom is -0.428 e. The average Bonchev–Trinajstić information content (AvgIpc) is 2.71. The molecule has 0 bridgehead atoms. The third-order valence-electron chi connectivity index (χ3n) is 2.41. The second-order valence-electron chi connectivity index (χ2n) is 3.91. The second kappa shape index (κ2) is 4.30. The Labute approximate surface area is 89.6 Å². The fourth-order valence-corrected chi connectivity index (χ4v) is 1.47. The molecule has 1 aromatic carbocycles. The van der Waals surface area contributed by atoms with Gasteiger partial charge >= 0.3 is 0 Å². The highest BCUT2D eigenvalue weighted by atomic mass is 16.4. The standard InChI is InChI=1S/C11H13BN2O/c1-12(2)10-5-3-9(4-6-10)7-11-14-13-8-15-11/h3-6,8H,7H2,1-2H3. The summed E-state index contributed by atoms with van der Waals surface area (Å²) in [7, 11) is 0. The van der Waals surface area contributed by atoms with Gasteiger partial charge in [-0.05, 0) is 5.56 Å². The van der Waals surface area contributed by atoms with Gasteiger partial charge in [0.25, 0.3) is 0 Å². The van der Waals surface area contributed by atoms with Crippen LogP contribution in [-0.4, -0.2) is 16.9 Å². The molecule has 3 nitrogen and oxygen atoms in total. The molecule has 76 valence electrons. The van der Waals surface area contributed by atoms with Gasteiger partial charge in [0.2, 0.25) is 12.3 Å². The highest BCUT2D eigenvalue weighted by Gasteiger charge is 2.04. The molecule has 0 spiro atoms. The van der Waals surface area contributed by atoms with Crippen LogP contribution in [0.15, 0.2) is 35.1 Å². The molecule has 0 N–H and O–H groups in total. The first-order chi connectivity index (χ1) is 7.25. The molecule has 0 aliphatic rings. The van der Waals surface area contributed by atoms with Crippen molar-refractivity contribution in [2.24, 2.45) is 0 Å². The van der Waals surface area contributed by atoms with Crippen LogP contribution in [0.5, 0.6) is 0 Å². The smallest absolute Gasteiger partial charge is 0.220 e. The average molecular weight is 200 g/mol. The summed E-state index contributed by atoms with van der Waals surface area (Å²) in [5.74, 6) is 0.660. The number of hydrogen-bond donors (Lipinski definition) is 0. The van der Waals surface area contributed by atoms with Gasteiger partial charge in [0.1, 0.15) is 0 Å². The molecular formula is C11H13BN2O. The molecule has 0 amide bonds. The molecule has 2 aromatic rings. The first kappa shape index (κ1) is 9.96. The summed E-state index contributed by atoms with van der Waals surface area (Å²) in [6.07, 6.45) is 2.07. The van der Waals surface area contributed by atoms with E-state index in [4.69, 9.17) is 4.42 Å². The number of nitrogens with zero attached hydrogens (tertiary/aromatic N) is 2. The summed E-state index contributed by atoms with van der Waals surface area (Å²) in [5.41, 5.74) is 2.55. The molecule has 15 heavy (non-hydrogen) atoms. The van der Waals surface area contributed by atoms with Gasteiger partial charge < -0.3 is 4.42 Å². The Bertz CT molecular complexity index is 409. The predicted molar refractivity (Wildman–Crippen MR) is 60.7 cm³/mol. The van der Waals surface area contributed by atoms with E-state index in [0.29, 0.717) is 19.0 Å². The first-order valence-corrected chi connectivity index (χ1v) is 5.09. The summed E-state index contributed by atoms with van der Waals surface area (Å²) in [6, 6.07) is 8.52. The molecule has 0 fully saturated rings. The topological polar surface area (TPSA) is 38.9 Å². The summed E-state index contributed by atoms with van der Waals surface area (Å²) in [5, 5.41) is 7.50. The summed E-state index contributed by atoms with van der Waals surface area (Å²) in [6.45, 7) is 4.95. The van der Waals surface area contributed by atoms with Crippen LogP contribution in [0, 0.1) is 0 Å². The maximum atomic E-state index is 5.09. The maximum Gasteiger partial charge on any atom is 0.220 e. The van der Waals surface area contributed by atoms with E-state index in [0.717, 1.165) is 0 Å². The first-order valence-electron chi connectivity index (χ1n) is 5.09. The van der Waals surface area contributed by atoms with Gasteiger partial charge in [0.05, 0.1) is 6.42 Å². The van der Waals surface area contributed by atoms with Crippen molar-refractivity contribution in [3.63, 3.8) is 0 Å². The lowest BCUT2D eigenvalue weighted by atomic mass is 9.49. The molecule has 2 rings (SSSR count). The van der Waals surface area contributed by atoms with Gasteiger partial charge in [-0.25, -0.2) is 0 Å². The molecule has 0 aliphatic carbocycles. The fourth-order valence-electron chi connectivity index (χ4n) is 1.47. The van der Waals surface area contributed by atoms with Gasteiger partial charge in [-0.1, -0.05) is 43.4 Å². The molecule has 0 unspecified atom stereocenters. The van der Waals surface area contributed by atoms with Crippen LogP contribution >= 0.6 is 0 Å². The van der Waals surface area contributed by atoms with E-state index in [1.807, 2.05) is 0 Å². The lowest BCUT2D eigenvalue weighted by Gasteiger charge is -2.03. The lowest BCUT2D eigenvalue weighted by molar-refractivity contribution is 0.505. The van der Waals surface area contributed by atoms with Crippen molar-refractivity contribution in [1.82, 2.24) is 10.2 Å². The van der Waals surface area contributed by atoms with Gasteiger partial charge in [-0.15, -0.1) is 10.2 Å². The van der Waals surface area contributed by atoms with Gasteiger partial charge in [0.15, 0.2) is 6.71 Å². The zero-order chi connectivity index (χ0) is 10.7. The van der Waals surface area contributed by atoms with Crippen molar-refractivity contribution in [1.29, 1.82) is 0 Å². The van der Waals surface area contributed by atoms with E-state index in [1.165, 1.54) is 17.4 Å². The minimum atomic E-state index is 0.572. The van der Waals surface area contributed by atoms with Crippen molar-refractivity contribution >= 4 is 12.2 Å². The van der Waals surface area contributed by atoms with E-state index in [9.17, 15) is 0 Å². The molecule has 0 saturated carbocycles. The molecule has 0 saturated heterocycles. The highest BCUT2D eigenvalue weighted by Crippen LogP contribution is 2.05. The molecular weight excluding hydrogens is 187 g/mol. The normalized spacial score (nSPS) is 10.3. The van der Waals surface area contributed by atoms with Gasteiger partial charge in [-0.2, -0.15) is 0 Å². The Balaban J connectivity index is 2.11. The van der Waals surface area contributed by atoms with E-state index < -0.39 is 0 Å². The monoisotopic (exact) mass is 200 g/mol. The quantitative estimate of drug-likeness (QED) is 0.706. The highest BCUT2D eigenvalue weighted by molar-refractivity contribution is 6.70. The molecule has 1 aromatic heterocycles. The van der Waals surface area contributed by atoms with Crippen molar-refractivity contribution in [3.8, 4) is 0 Å². The van der Waals surface area contributed by atoms with Crippen LogP contribution in [0.3, 0.4) is 0 Å². The number of benzene rings is 1. The molecule has 0 radical (unpaired) electrons. The Morgan fingerprint density at radius 3 is 2.47 bits per heavy atom. The van der Waals surface area contributed by atoms with E-state index in [1.54, 1.807) is 0 Å². The maximum absolute atomic E-state index is 5.09. The van der Waals surface area contributed by atoms with Crippen LogP contribution in [0.1, 0.15) is 11.5 Å². The van der Waals surface area contributed by atoms with Crippen LogP contribution in [0.25, 0.3) is 0 Å². The molecule has 4 heteroatoms. The Morgan fingerprint density at radius 1 is 1.20 bits per heavy atom. The minimum absolute atomic E-state index is 0.572. The van der Waals surface area contributed by atoms with Crippen molar-refractivity contribution in [2.45, 2.75) is 20.1 Å². The van der Waals surface area contributed by atoms with E-state index in [2.05, 4.69) is 48.1 Å². The summed E-state index contributed by atoms with van der Waals surface area (Å²) in [4.78, 5) is 0. The third-order valence-corrected chi connectivity index (χ3v) is 2.41. The molecule has 1 heterocycles. The van der Waals surface area contributed by atoms with Crippen LogP contribution in [-0.2, 0) is 6.42 Å². The SMILES string of the molecule is CB(C)c1ccc(Cc2nnco2)cc1. The predicted octanol–water partition coefficient (Wildman–Crippen LogP) is 1.62. The third kappa shape index (κ3) is 2.46. The van der Waals surface area contributed by atoms with Crippen LogP contribution in [0.2, 0.25) is 13.6 Å². The second-order valence-corrected chi connectivity index (χ2v) is 3.91. The number of rotatable bonds is 3. The van der Waals surface area contributed by atoms with Crippen molar-refractivity contribution in [3.05, 3.63) is 42.1 Å². The number of aromatic nitrogens is 2. The zero-order valence-electron chi connectivity index (χ0n) is 8.97. The van der Waals surface area contributed by atoms with Gasteiger partial charge in [-0.3, -0.25) is 0 Å². The Hall–Kier alpha value is -1.58. The molecule has 0 aliphatic heterocycles. The Kier molecular flexibility index (Phi) is 2.85. The number of hydrogen-bond acceptors (Lipinski definition) is 3. The van der Waals surface area contributed by atoms with Crippen LogP contribution < -0.4 is 5.46 Å². The van der Waals surface area contributed by atoms with Crippen molar-refractivity contribution in [2.75, 3.05) is 0 Å². The summed E-state index contributed by atoms with van der Waals surface area (Å²) >= 11 is 0. The fraction of sp³-hybridized carbons (Fsp3) is 0.273. The van der Waals surface area contributed by atoms with Crippen LogP contribution in [0.4, 0.5) is 0 Å². The Morgan fingerprint density at radius 2 is 1.93 bits per heavy atom. The summed E-state index contributed by atoms with van der Waals surface area (Å²) < 4.78 is 5.09. The largest absolute Gasteiger partial charge is 0.428 e. The van der Waals surface area contributed by atoms with Crippen molar-refractivity contribution < 1.29 is 4.42 Å². The van der Waals surface area contributed by atoms with E-state index >= 15 is 0 Å². The zero-order valence-corrected chi connectivity index (χ0v) is 8.97.